The molecule has 0 aliphatic rings. The van der Waals surface area contributed by atoms with Crippen LogP contribution in [0.2, 0.25) is 0 Å². The van der Waals surface area contributed by atoms with Crippen LogP contribution in [0.25, 0.3) is 0 Å². The lowest BCUT2D eigenvalue weighted by Gasteiger charge is -1.97. The van der Waals surface area contributed by atoms with Crippen molar-refractivity contribution >= 4 is 5.97 Å². The second-order valence-electron chi connectivity index (χ2n) is 2.68. The van der Waals surface area contributed by atoms with Crippen LogP contribution in [0, 0.1) is 6.92 Å². The maximum Gasteiger partial charge on any atom is 0.343 e. The Morgan fingerprint density at radius 2 is 2.46 bits per heavy atom. The molecule has 1 rings (SSSR count). The van der Waals surface area contributed by atoms with Crippen molar-refractivity contribution in [1.29, 1.82) is 0 Å². The summed E-state index contributed by atoms with van der Waals surface area (Å²) in [6.07, 6.45) is 4.46. The summed E-state index contributed by atoms with van der Waals surface area (Å²) in [6, 6.07) is 3.55. The van der Waals surface area contributed by atoms with Gasteiger partial charge in [0.1, 0.15) is 12.1 Å². The molecule has 1 aromatic heterocycles. The largest absolute Gasteiger partial charge is 0.465 e. The van der Waals surface area contributed by atoms with E-state index in [1.807, 2.05) is 16.8 Å². The molecule has 1 aromatic rings. The third-order valence-electron chi connectivity index (χ3n) is 1.70. The highest BCUT2D eigenvalue weighted by atomic mass is 16.5. The van der Waals surface area contributed by atoms with Gasteiger partial charge in [0, 0.05) is 12.5 Å². The number of carbonyl (C=O) groups excluding carboxylic acids is 1. The quantitative estimate of drug-likeness (QED) is 0.511. The van der Waals surface area contributed by atoms with Gasteiger partial charge in [-0.1, -0.05) is 0 Å². The molecule has 0 bridgehead atoms. The minimum Gasteiger partial charge on any atom is -0.465 e. The molecule has 3 nitrogen and oxygen atoms in total. The van der Waals surface area contributed by atoms with Crippen molar-refractivity contribution in [3.63, 3.8) is 0 Å². The van der Waals surface area contributed by atoms with Crippen LogP contribution < -0.4 is 4.57 Å². The number of esters is 1. The molecule has 0 spiro atoms. The molecule has 3 heteroatoms. The lowest BCUT2D eigenvalue weighted by atomic mass is 10.3. The van der Waals surface area contributed by atoms with E-state index in [4.69, 9.17) is 0 Å². The van der Waals surface area contributed by atoms with Gasteiger partial charge >= 0.3 is 5.97 Å². The molecule has 0 amide bonds. The molecule has 69 valence electrons. The predicted octanol–water partition coefficient (Wildman–Crippen LogP) is 0.985. The van der Waals surface area contributed by atoms with Crippen molar-refractivity contribution in [1.82, 2.24) is 0 Å². The summed E-state index contributed by atoms with van der Waals surface area (Å²) >= 11 is 0. The van der Waals surface area contributed by atoms with Crippen LogP contribution in [-0.2, 0) is 11.3 Å². The Balaban J connectivity index is 2.85. The smallest absolute Gasteiger partial charge is 0.343 e. The lowest BCUT2D eigenvalue weighted by molar-refractivity contribution is -0.696. The zero-order chi connectivity index (χ0) is 9.68. The third-order valence-corrected chi connectivity index (χ3v) is 1.70. The van der Waals surface area contributed by atoms with Crippen LogP contribution in [-0.4, -0.2) is 13.1 Å². The fraction of sp³-hybridized carbons (Fsp3) is 0.300. The number of aromatic nitrogens is 1. The van der Waals surface area contributed by atoms with Gasteiger partial charge < -0.3 is 4.74 Å². The summed E-state index contributed by atoms with van der Waals surface area (Å²) in [7, 11) is 1.38. The second kappa shape index (κ2) is 4.60. The number of nitrogens with zero attached hydrogens (tertiary/aromatic N) is 1. The van der Waals surface area contributed by atoms with Crippen molar-refractivity contribution in [3.8, 4) is 0 Å². The normalized spacial score (nSPS) is 9.69. The summed E-state index contributed by atoms with van der Waals surface area (Å²) in [6.45, 7) is 4.55. The summed E-state index contributed by atoms with van der Waals surface area (Å²) in [5.74, 6) is -0.307. The zero-order valence-corrected chi connectivity index (χ0v) is 7.69. The van der Waals surface area contributed by atoms with Crippen molar-refractivity contribution < 1.29 is 14.1 Å². The monoisotopic (exact) mass is 179 g/mol. The van der Waals surface area contributed by atoms with Gasteiger partial charge in [-0.3, -0.25) is 0 Å². The molecule has 0 fully saturated rings. The molecule has 0 atom stereocenters. The van der Waals surface area contributed by atoms with Crippen LogP contribution in [0.1, 0.15) is 16.8 Å². The maximum absolute atomic E-state index is 11.1. The Bertz CT molecular complexity index is 297. The van der Waals surface area contributed by atoms with E-state index in [9.17, 15) is 4.79 Å². The van der Waals surface area contributed by atoms with E-state index in [2.05, 4.69) is 11.7 Å². The summed E-state index contributed by atoms with van der Waals surface area (Å²) in [5, 5.41) is 0. The van der Waals surface area contributed by atoms with Crippen LogP contribution in [0.3, 0.4) is 0 Å². The van der Waals surface area contributed by atoms with Gasteiger partial charge in [-0.15, -0.1) is 0 Å². The summed E-state index contributed by atoms with van der Waals surface area (Å²) < 4.78 is 6.52. The van der Waals surface area contributed by atoms with Gasteiger partial charge in [-0.05, 0) is 13.0 Å². The first-order valence-corrected chi connectivity index (χ1v) is 4.14. The molecule has 0 aliphatic heterocycles. The first-order chi connectivity index (χ1) is 6.27. The third kappa shape index (κ3) is 2.54. The molecule has 0 aromatic carbocycles. The fourth-order valence-corrected chi connectivity index (χ4v) is 1.08. The Labute approximate surface area is 78.0 Å². The minimum atomic E-state index is -0.307. The van der Waals surface area contributed by atoms with Crippen molar-refractivity contribution in [2.45, 2.75) is 13.0 Å². The van der Waals surface area contributed by atoms with Gasteiger partial charge in [0.05, 0.1) is 7.11 Å². The topological polar surface area (TPSA) is 30.2 Å². The average molecular weight is 179 g/mol. The fourth-order valence-electron chi connectivity index (χ4n) is 1.08. The van der Waals surface area contributed by atoms with E-state index < -0.39 is 0 Å². The molecule has 0 saturated heterocycles. The number of ether oxygens (including phenoxy) is 1. The second-order valence-corrected chi connectivity index (χ2v) is 2.68. The Kier molecular flexibility index (Phi) is 3.43. The molecule has 13 heavy (non-hydrogen) atoms. The van der Waals surface area contributed by atoms with E-state index in [0.717, 1.165) is 13.0 Å². The van der Waals surface area contributed by atoms with Gasteiger partial charge in [0.15, 0.2) is 12.4 Å². The Morgan fingerprint density at radius 3 is 3.08 bits per heavy atom. The van der Waals surface area contributed by atoms with E-state index in [1.54, 1.807) is 12.3 Å². The van der Waals surface area contributed by atoms with Crippen LogP contribution in [0.4, 0.5) is 0 Å². The highest BCUT2D eigenvalue weighted by Crippen LogP contribution is 1.96. The SMILES string of the molecule is [CH2]CC[n+]1cccc(C(=O)OC)c1. The lowest BCUT2D eigenvalue weighted by Crippen LogP contribution is -2.33. The standard InChI is InChI=1S/C10H13NO2/c1-3-6-11-7-4-5-9(8-11)10(12)13-2/h4-5,7-8H,1,3,6H2,2H3/q+1. The first kappa shape index (κ1) is 9.71. The number of aryl methyl sites for hydroxylation is 1. The number of hydrogen-bond donors (Lipinski definition) is 0. The minimum absolute atomic E-state index is 0.307. The molecule has 1 radical (unpaired) electrons. The highest BCUT2D eigenvalue weighted by molar-refractivity contribution is 5.88. The number of methoxy groups -OCH3 is 1. The molecule has 0 aliphatic carbocycles. The molecule has 0 unspecified atom stereocenters. The highest BCUT2D eigenvalue weighted by Gasteiger charge is 2.09. The van der Waals surface area contributed by atoms with Crippen LogP contribution in [0.15, 0.2) is 24.5 Å². The van der Waals surface area contributed by atoms with Gasteiger partial charge in [0.2, 0.25) is 0 Å². The first-order valence-electron chi connectivity index (χ1n) is 4.14. The average Bonchev–Trinajstić information content (AvgIpc) is 2.18. The number of carbonyl (C=O) groups is 1. The summed E-state index contributed by atoms with van der Waals surface area (Å²) in [4.78, 5) is 11.1. The summed E-state index contributed by atoms with van der Waals surface area (Å²) in [5.41, 5.74) is 0.568. The molecule has 0 N–H and O–H groups in total. The van der Waals surface area contributed by atoms with E-state index in [-0.39, 0.29) is 5.97 Å². The number of rotatable bonds is 3. The van der Waals surface area contributed by atoms with E-state index in [0.29, 0.717) is 5.56 Å². The Hall–Kier alpha value is -1.38. The van der Waals surface area contributed by atoms with Crippen molar-refractivity contribution in [3.05, 3.63) is 37.0 Å². The molecule has 1 heterocycles. The van der Waals surface area contributed by atoms with Crippen molar-refractivity contribution in [2.24, 2.45) is 0 Å². The molecular weight excluding hydrogens is 166 g/mol. The molecule has 0 saturated carbocycles. The van der Waals surface area contributed by atoms with Gasteiger partial charge in [-0.25, -0.2) is 9.36 Å². The Morgan fingerprint density at radius 1 is 1.69 bits per heavy atom. The van der Waals surface area contributed by atoms with Crippen molar-refractivity contribution in [2.75, 3.05) is 7.11 Å². The number of pyridine rings is 1. The molecular formula is C10H13NO2+. The maximum atomic E-state index is 11.1. The predicted molar refractivity (Wildman–Crippen MR) is 48.0 cm³/mol. The van der Waals surface area contributed by atoms with E-state index >= 15 is 0 Å². The van der Waals surface area contributed by atoms with Gasteiger partial charge in [0.25, 0.3) is 0 Å². The van der Waals surface area contributed by atoms with Crippen LogP contribution in [0.5, 0.6) is 0 Å². The number of hydrogen-bond acceptors (Lipinski definition) is 2. The zero-order valence-electron chi connectivity index (χ0n) is 7.69. The van der Waals surface area contributed by atoms with E-state index in [1.165, 1.54) is 7.11 Å². The van der Waals surface area contributed by atoms with Crippen LogP contribution >= 0.6 is 0 Å². The van der Waals surface area contributed by atoms with Gasteiger partial charge in [-0.2, -0.15) is 0 Å².